The van der Waals surface area contributed by atoms with Crippen molar-refractivity contribution in [3.05, 3.63) is 52.6 Å². The molecule has 0 spiro atoms. The van der Waals surface area contributed by atoms with Crippen molar-refractivity contribution < 1.29 is 24.0 Å². The average molecular weight is 397 g/mol. The number of dihydropyridines is 1. The number of carbonyl (C=O) groups excluding carboxylic acids is 2. The number of esters is 1. The van der Waals surface area contributed by atoms with Gasteiger partial charge in [0.05, 0.1) is 11.7 Å². The topological polar surface area (TPSA) is 78.8 Å². The van der Waals surface area contributed by atoms with E-state index in [-0.39, 0.29) is 29.9 Å². The average Bonchev–Trinajstić information content (AvgIpc) is 3.18. The fraction of sp³-hybridized carbons (Fsp3) is 0.522. The third-order valence-corrected chi connectivity index (χ3v) is 5.96. The Morgan fingerprint density at radius 1 is 1.31 bits per heavy atom. The number of H-pyrrole nitrogens is 1. The van der Waals surface area contributed by atoms with Crippen molar-refractivity contribution in [2.45, 2.75) is 58.5 Å². The Balaban J connectivity index is 1.70. The Morgan fingerprint density at radius 2 is 2.07 bits per heavy atom. The standard InChI is InChI=1S/C23H28N2O4/c1-14-19(22(27)29-13-16-5-4-10-28-16)20(15-6-8-24-9-7-15)21-17(25-14)11-23(2,3)12-18(21)26/h6-9,16,20,25H,4-5,10-13H2,1-3H3/p+1. The second-order valence-electron chi connectivity index (χ2n) is 9.00. The number of rotatable bonds is 4. The lowest BCUT2D eigenvalue weighted by Gasteiger charge is -2.39. The van der Waals surface area contributed by atoms with Gasteiger partial charge < -0.3 is 14.8 Å². The summed E-state index contributed by atoms with van der Waals surface area (Å²) in [4.78, 5) is 29.3. The minimum absolute atomic E-state index is 0.0342. The molecule has 3 heterocycles. The molecule has 2 aliphatic heterocycles. The largest absolute Gasteiger partial charge is 0.459 e. The summed E-state index contributed by atoms with van der Waals surface area (Å²) >= 11 is 0. The number of ketones is 1. The maximum absolute atomic E-state index is 13.2. The fourth-order valence-electron chi connectivity index (χ4n) is 4.65. The number of allylic oxidation sites excluding steroid dienone is 3. The number of hydrogen-bond acceptors (Lipinski definition) is 5. The van der Waals surface area contributed by atoms with Gasteiger partial charge in [-0.15, -0.1) is 0 Å². The van der Waals surface area contributed by atoms with Crippen molar-refractivity contribution in [1.29, 1.82) is 0 Å². The number of aromatic nitrogens is 1. The van der Waals surface area contributed by atoms with Crippen LogP contribution in [0.5, 0.6) is 0 Å². The number of carbonyl (C=O) groups is 2. The maximum atomic E-state index is 13.2. The molecule has 0 radical (unpaired) electrons. The van der Waals surface area contributed by atoms with E-state index in [0.29, 0.717) is 17.6 Å². The van der Waals surface area contributed by atoms with Gasteiger partial charge in [0, 0.05) is 48.0 Å². The third kappa shape index (κ3) is 3.99. The monoisotopic (exact) mass is 397 g/mol. The Bertz CT molecular complexity index is 879. The zero-order valence-electron chi connectivity index (χ0n) is 17.3. The van der Waals surface area contributed by atoms with Gasteiger partial charge in [-0.05, 0) is 37.2 Å². The van der Waals surface area contributed by atoms with Crippen LogP contribution in [-0.4, -0.2) is 31.1 Å². The minimum atomic E-state index is -0.415. The normalized spacial score (nSPS) is 26.2. The van der Waals surface area contributed by atoms with Crippen LogP contribution in [0.3, 0.4) is 0 Å². The molecule has 2 atom stereocenters. The smallest absolute Gasteiger partial charge is 0.336 e. The molecule has 0 bridgehead atoms. The molecule has 1 aromatic rings. The van der Waals surface area contributed by atoms with Gasteiger partial charge in [0.25, 0.3) is 0 Å². The van der Waals surface area contributed by atoms with E-state index in [2.05, 4.69) is 24.1 Å². The number of aromatic amines is 1. The predicted octanol–water partition coefficient (Wildman–Crippen LogP) is 2.83. The van der Waals surface area contributed by atoms with Crippen molar-refractivity contribution in [1.82, 2.24) is 5.32 Å². The summed E-state index contributed by atoms with van der Waals surface area (Å²) in [6, 6.07) is 3.85. The van der Waals surface area contributed by atoms with Crippen LogP contribution in [0.4, 0.5) is 0 Å². The molecule has 1 saturated heterocycles. The van der Waals surface area contributed by atoms with Crippen LogP contribution < -0.4 is 10.3 Å². The molecular weight excluding hydrogens is 368 g/mol. The van der Waals surface area contributed by atoms with Crippen molar-refractivity contribution in [3.8, 4) is 0 Å². The minimum Gasteiger partial charge on any atom is -0.459 e. The summed E-state index contributed by atoms with van der Waals surface area (Å²) in [5.74, 6) is -0.701. The van der Waals surface area contributed by atoms with Crippen LogP contribution in [0.25, 0.3) is 0 Å². The second kappa shape index (κ2) is 7.75. The highest BCUT2D eigenvalue weighted by Gasteiger charge is 2.43. The van der Waals surface area contributed by atoms with Gasteiger partial charge in [-0.3, -0.25) is 4.79 Å². The zero-order chi connectivity index (χ0) is 20.6. The number of ether oxygens (including phenoxy) is 2. The van der Waals surface area contributed by atoms with Gasteiger partial charge in [0.15, 0.2) is 18.2 Å². The van der Waals surface area contributed by atoms with E-state index < -0.39 is 5.92 Å². The Morgan fingerprint density at radius 3 is 2.76 bits per heavy atom. The van der Waals surface area contributed by atoms with Crippen LogP contribution in [-0.2, 0) is 19.1 Å². The van der Waals surface area contributed by atoms with Crippen molar-refractivity contribution >= 4 is 11.8 Å². The molecule has 2 N–H and O–H groups in total. The van der Waals surface area contributed by atoms with Crippen LogP contribution in [0.1, 0.15) is 57.9 Å². The molecule has 0 aromatic carbocycles. The molecule has 6 heteroatoms. The number of nitrogens with one attached hydrogen (secondary N) is 2. The van der Waals surface area contributed by atoms with Gasteiger partial charge in [-0.1, -0.05) is 13.8 Å². The molecule has 6 nitrogen and oxygen atoms in total. The van der Waals surface area contributed by atoms with Crippen molar-refractivity contribution in [3.63, 3.8) is 0 Å². The molecule has 3 aliphatic rings. The molecule has 4 rings (SSSR count). The quantitative estimate of drug-likeness (QED) is 0.791. The SMILES string of the molecule is CC1=C(C(=O)OCC2CCCO2)C(c2cc[nH+]cc2)C2=C(CC(C)(C)CC2=O)N1. The van der Waals surface area contributed by atoms with Crippen LogP contribution in [0.15, 0.2) is 47.1 Å². The van der Waals surface area contributed by atoms with Crippen LogP contribution >= 0.6 is 0 Å². The molecular formula is C23H29N2O4+. The summed E-state index contributed by atoms with van der Waals surface area (Å²) in [6.45, 7) is 7.06. The highest BCUT2D eigenvalue weighted by atomic mass is 16.6. The molecule has 0 amide bonds. The molecule has 1 aliphatic carbocycles. The lowest BCUT2D eigenvalue weighted by Crippen LogP contribution is -2.39. The van der Waals surface area contributed by atoms with E-state index in [1.165, 1.54) is 0 Å². The zero-order valence-corrected chi connectivity index (χ0v) is 17.3. The van der Waals surface area contributed by atoms with E-state index in [1.807, 2.05) is 31.5 Å². The molecule has 0 saturated carbocycles. The Labute approximate surface area is 171 Å². The highest BCUT2D eigenvalue weighted by Crippen LogP contribution is 2.46. The predicted molar refractivity (Wildman–Crippen MR) is 107 cm³/mol. The van der Waals surface area contributed by atoms with E-state index in [4.69, 9.17) is 9.47 Å². The molecule has 1 aromatic heterocycles. The molecule has 154 valence electrons. The van der Waals surface area contributed by atoms with Gasteiger partial charge in [0.2, 0.25) is 0 Å². The molecule has 1 fully saturated rings. The first-order valence-electron chi connectivity index (χ1n) is 10.3. The van der Waals surface area contributed by atoms with E-state index in [0.717, 1.165) is 42.8 Å². The number of hydrogen-bond donors (Lipinski definition) is 1. The van der Waals surface area contributed by atoms with Gasteiger partial charge in [0.1, 0.15) is 6.61 Å². The summed E-state index contributed by atoms with van der Waals surface area (Å²) < 4.78 is 11.2. The second-order valence-corrected chi connectivity index (χ2v) is 9.00. The highest BCUT2D eigenvalue weighted by molar-refractivity contribution is 6.04. The lowest BCUT2D eigenvalue weighted by molar-refractivity contribution is -0.378. The summed E-state index contributed by atoms with van der Waals surface area (Å²) in [7, 11) is 0. The first-order chi connectivity index (χ1) is 13.9. The van der Waals surface area contributed by atoms with E-state index >= 15 is 0 Å². The van der Waals surface area contributed by atoms with Crippen LogP contribution in [0, 0.1) is 5.41 Å². The Hall–Kier alpha value is -2.47. The fourth-order valence-corrected chi connectivity index (χ4v) is 4.65. The molecule has 2 unspecified atom stereocenters. The maximum Gasteiger partial charge on any atom is 0.336 e. The number of pyridine rings is 1. The first kappa shape index (κ1) is 19.8. The Kier molecular flexibility index (Phi) is 5.30. The van der Waals surface area contributed by atoms with E-state index in [1.54, 1.807) is 0 Å². The first-order valence-corrected chi connectivity index (χ1v) is 10.3. The lowest BCUT2D eigenvalue weighted by atomic mass is 9.68. The van der Waals surface area contributed by atoms with Crippen molar-refractivity contribution in [2.75, 3.05) is 13.2 Å². The van der Waals surface area contributed by atoms with Crippen molar-refractivity contribution in [2.24, 2.45) is 5.41 Å². The van der Waals surface area contributed by atoms with Gasteiger partial charge in [-0.25, -0.2) is 9.78 Å². The van der Waals surface area contributed by atoms with Crippen LogP contribution in [0.2, 0.25) is 0 Å². The van der Waals surface area contributed by atoms with Gasteiger partial charge in [-0.2, -0.15) is 0 Å². The van der Waals surface area contributed by atoms with Gasteiger partial charge >= 0.3 is 5.97 Å². The number of Topliss-reactive ketones (excluding diaryl/α,β-unsaturated/α-hetero) is 1. The van der Waals surface area contributed by atoms with E-state index in [9.17, 15) is 9.59 Å². The molecule has 29 heavy (non-hydrogen) atoms. The summed E-state index contributed by atoms with van der Waals surface area (Å²) in [5.41, 5.74) is 3.71. The summed E-state index contributed by atoms with van der Waals surface area (Å²) in [5, 5.41) is 3.36. The third-order valence-electron chi connectivity index (χ3n) is 5.96. The summed E-state index contributed by atoms with van der Waals surface area (Å²) in [6.07, 6.45) is 6.76.